The van der Waals surface area contributed by atoms with Gasteiger partial charge in [-0.3, -0.25) is 5.41 Å². The maximum atomic E-state index is 8.53. The SMILES string of the molecule is CCCc1ccc(CNc2ccccc2C(=N)c2ncc(OC)c(N)n2)cc1. The number of aryl methyl sites for hydroxylation is 1. The van der Waals surface area contributed by atoms with Gasteiger partial charge >= 0.3 is 0 Å². The van der Waals surface area contributed by atoms with Gasteiger partial charge in [0.2, 0.25) is 0 Å². The molecule has 0 aliphatic heterocycles. The van der Waals surface area contributed by atoms with E-state index in [2.05, 4.69) is 46.5 Å². The molecule has 1 heterocycles. The zero-order chi connectivity index (χ0) is 19.9. The lowest BCUT2D eigenvalue weighted by molar-refractivity contribution is 0.413. The molecular weight excluding hydrogens is 350 g/mol. The predicted molar refractivity (Wildman–Crippen MR) is 113 cm³/mol. The average molecular weight is 375 g/mol. The summed E-state index contributed by atoms with van der Waals surface area (Å²) < 4.78 is 5.09. The second-order valence-corrected chi connectivity index (χ2v) is 6.49. The highest BCUT2D eigenvalue weighted by Gasteiger charge is 2.14. The van der Waals surface area contributed by atoms with Crippen LogP contribution in [0.1, 0.15) is 35.9 Å². The number of nitrogens with two attached hydrogens (primary N) is 1. The Bertz CT molecular complexity index is 953. The van der Waals surface area contributed by atoms with Crippen molar-refractivity contribution in [2.24, 2.45) is 0 Å². The Balaban J connectivity index is 1.77. The molecule has 0 saturated carbocycles. The molecule has 0 aliphatic rings. The van der Waals surface area contributed by atoms with Crippen molar-refractivity contribution in [3.63, 3.8) is 0 Å². The first kappa shape index (κ1) is 19.4. The highest BCUT2D eigenvalue weighted by Crippen LogP contribution is 2.22. The van der Waals surface area contributed by atoms with Crippen molar-refractivity contribution in [2.45, 2.75) is 26.3 Å². The number of methoxy groups -OCH3 is 1. The Hall–Kier alpha value is -3.41. The maximum absolute atomic E-state index is 8.53. The normalized spacial score (nSPS) is 10.5. The quantitative estimate of drug-likeness (QED) is 0.516. The van der Waals surface area contributed by atoms with E-state index in [0.717, 1.165) is 24.1 Å². The minimum absolute atomic E-state index is 0.204. The summed E-state index contributed by atoms with van der Waals surface area (Å²) in [5.74, 6) is 0.876. The fraction of sp³-hybridized carbons (Fsp3) is 0.227. The number of hydrogen-bond acceptors (Lipinski definition) is 6. The number of hydrogen-bond donors (Lipinski definition) is 3. The number of nitrogen functional groups attached to an aromatic ring is 1. The van der Waals surface area contributed by atoms with Gasteiger partial charge in [-0.05, 0) is 23.6 Å². The summed E-state index contributed by atoms with van der Waals surface area (Å²) in [4.78, 5) is 8.40. The topological polar surface area (TPSA) is 96.9 Å². The van der Waals surface area contributed by atoms with Crippen LogP contribution in [0.15, 0.2) is 54.7 Å². The molecule has 2 aromatic carbocycles. The minimum Gasteiger partial charge on any atom is -0.491 e. The van der Waals surface area contributed by atoms with Crippen LogP contribution in [0.2, 0.25) is 0 Å². The number of ether oxygens (including phenoxy) is 1. The van der Waals surface area contributed by atoms with Crippen LogP contribution in [0.5, 0.6) is 5.75 Å². The molecule has 6 heteroatoms. The third-order valence-electron chi connectivity index (χ3n) is 4.47. The molecular formula is C22H25N5O. The average Bonchev–Trinajstić information content (AvgIpc) is 2.73. The Labute approximate surface area is 165 Å². The van der Waals surface area contributed by atoms with E-state index < -0.39 is 0 Å². The third-order valence-corrected chi connectivity index (χ3v) is 4.47. The summed E-state index contributed by atoms with van der Waals surface area (Å²) >= 11 is 0. The number of anilines is 2. The van der Waals surface area contributed by atoms with Crippen LogP contribution < -0.4 is 15.8 Å². The molecule has 144 valence electrons. The number of rotatable bonds is 8. The molecule has 0 spiro atoms. The van der Waals surface area contributed by atoms with Crippen molar-refractivity contribution in [1.82, 2.24) is 9.97 Å². The van der Waals surface area contributed by atoms with E-state index in [0.29, 0.717) is 12.3 Å². The molecule has 0 bridgehead atoms. The van der Waals surface area contributed by atoms with Crippen molar-refractivity contribution >= 4 is 17.2 Å². The van der Waals surface area contributed by atoms with Gasteiger partial charge in [-0.1, -0.05) is 55.8 Å². The smallest absolute Gasteiger partial charge is 0.180 e. The fourth-order valence-corrected chi connectivity index (χ4v) is 2.95. The molecule has 0 atom stereocenters. The van der Waals surface area contributed by atoms with Gasteiger partial charge in [0.1, 0.15) is 5.71 Å². The standard InChI is InChI=1S/C22H25N5O/c1-3-6-15-9-11-16(12-10-15)13-25-18-8-5-4-7-17(18)20(23)22-26-14-19(28-2)21(24)27-22/h4-5,7-12,14,23,25H,3,6,13H2,1-2H3,(H2,24,26,27). The molecule has 1 aromatic heterocycles. The monoisotopic (exact) mass is 375 g/mol. The van der Waals surface area contributed by atoms with E-state index in [1.54, 1.807) is 0 Å². The molecule has 3 aromatic rings. The zero-order valence-electron chi connectivity index (χ0n) is 16.2. The van der Waals surface area contributed by atoms with Crippen LogP contribution in [0.25, 0.3) is 0 Å². The van der Waals surface area contributed by atoms with Crippen LogP contribution in [0, 0.1) is 5.41 Å². The van der Waals surface area contributed by atoms with Crippen LogP contribution in [-0.4, -0.2) is 22.8 Å². The van der Waals surface area contributed by atoms with E-state index in [1.807, 2.05) is 24.3 Å². The van der Waals surface area contributed by atoms with Gasteiger partial charge in [0, 0.05) is 17.8 Å². The van der Waals surface area contributed by atoms with Gasteiger partial charge in [-0.25, -0.2) is 9.97 Å². The van der Waals surface area contributed by atoms with E-state index in [-0.39, 0.29) is 17.4 Å². The van der Waals surface area contributed by atoms with Gasteiger partial charge in [0.05, 0.1) is 13.3 Å². The number of para-hydroxylation sites is 1. The largest absolute Gasteiger partial charge is 0.491 e. The first-order valence-corrected chi connectivity index (χ1v) is 9.29. The van der Waals surface area contributed by atoms with Gasteiger partial charge in [0.15, 0.2) is 17.4 Å². The molecule has 0 unspecified atom stereocenters. The number of benzene rings is 2. The molecule has 4 N–H and O–H groups in total. The van der Waals surface area contributed by atoms with E-state index >= 15 is 0 Å². The minimum atomic E-state index is 0.204. The molecule has 0 amide bonds. The number of nitrogens with one attached hydrogen (secondary N) is 2. The van der Waals surface area contributed by atoms with Crippen molar-refractivity contribution < 1.29 is 4.74 Å². The molecule has 0 aliphatic carbocycles. The molecule has 3 rings (SSSR count). The predicted octanol–water partition coefficient (Wildman–Crippen LogP) is 4.05. The Kier molecular flexibility index (Phi) is 6.22. The highest BCUT2D eigenvalue weighted by atomic mass is 16.5. The zero-order valence-corrected chi connectivity index (χ0v) is 16.2. The van der Waals surface area contributed by atoms with E-state index in [1.165, 1.54) is 24.4 Å². The Morgan fingerprint density at radius 3 is 2.50 bits per heavy atom. The van der Waals surface area contributed by atoms with E-state index in [4.69, 9.17) is 15.9 Å². The van der Waals surface area contributed by atoms with Gasteiger partial charge < -0.3 is 15.8 Å². The van der Waals surface area contributed by atoms with Crippen molar-refractivity contribution in [1.29, 1.82) is 5.41 Å². The van der Waals surface area contributed by atoms with Crippen molar-refractivity contribution in [3.05, 3.63) is 77.2 Å². The summed E-state index contributed by atoms with van der Waals surface area (Å²) in [6, 6.07) is 16.3. The van der Waals surface area contributed by atoms with Crippen LogP contribution in [-0.2, 0) is 13.0 Å². The summed E-state index contributed by atoms with van der Waals surface area (Å²) in [5.41, 5.74) is 10.2. The van der Waals surface area contributed by atoms with Crippen molar-refractivity contribution in [3.8, 4) is 5.75 Å². The van der Waals surface area contributed by atoms with Gasteiger partial charge in [-0.15, -0.1) is 0 Å². The van der Waals surface area contributed by atoms with Crippen molar-refractivity contribution in [2.75, 3.05) is 18.2 Å². The fourth-order valence-electron chi connectivity index (χ4n) is 2.95. The number of aromatic nitrogens is 2. The summed E-state index contributed by atoms with van der Waals surface area (Å²) in [7, 11) is 1.51. The summed E-state index contributed by atoms with van der Waals surface area (Å²) in [6.45, 7) is 2.85. The summed E-state index contributed by atoms with van der Waals surface area (Å²) in [6.07, 6.45) is 3.73. The van der Waals surface area contributed by atoms with E-state index in [9.17, 15) is 0 Å². The molecule has 0 fully saturated rings. The molecule has 0 radical (unpaired) electrons. The van der Waals surface area contributed by atoms with Crippen LogP contribution in [0.4, 0.5) is 11.5 Å². The lowest BCUT2D eigenvalue weighted by atomic mass is 10.1. The second kappa shape index (κ2) is 8.99. The van der Waals surface area contributed by atoms with Crippen LogP contribution in [0.3, 0.4) is 0 Å². The number of nitrogens with zero attached hydrogens (tertiary/aromatic N) is 2. The molecule has 6 nitrogen and oxygen atoms in total. The lowest BCUT2D eigenvalue weighted by Gasteiger charge is -2.13. The highest BCUT2D eigenvalue weighted by molar-refractivity contribution is 6.12. The van der Waals surface area contributed by atoms with Gasteiger partial charge in [-0.2, -0.15) is 0 Å². The first-order chi connectivity index (χ1) is 13.6. The Morgan fingerprint density at radius 2 is 1.82 bits per heavy atom. The molecule has 0 saturated heterocycles. The van der Waals surface area contributed by atoms with Crippen LogP contribution >= 0.6 is 0 Å². The maximum Gasteiger partial charge on any atom is 0.180 e. The Morgan fingerprint density at radius 1 is 1.11 bits per heavy atom. The first-order valence-electron chi connectivity index (χ1n) is 9.29. The third kappa shape index (κ3) is 4.46. The second-order valence-electron chi connectivity index (χ2n) is 6.49. The lowest BCUT2D eigenvalue weighted by Crippen LogP contribution is -2.12. The summed E-state index contributed by atoms with van der Waals surface area (Å²) in [5, 5.41) is 11.9. The van der Waals surface area contributed by atoms with Gasteiger partial charge in [0.25, 0.3) is 0 Å². The molecule has 28 heavy (non-hydrogen) atoms.